The topological polar surface area (TPSA) is 17.1 Å². The van der Waals surface area contributed by atoms with Crippen molar-refractivity contribution in [3.05, 3.63) is 108 Å². The molecule has 3 aromatic rings. The van der Waals surface area contributed by atoms with Crippen molar-refractivity contribution < 1.29 is 4.79 Å². The third-order valence-electron chi connectivity index (χ3n) is 4.06. The third-order valence-corrected chi connectivity index (χ3v) is 5.61. The Morgan fingerprint density at radius 3 is 1.38 bits per heavy atom. The molecule has 0 atom stereocenters. The zero-order valence-corrected chi connectivity index (χ0v) is 14.2. The van der Waals surface area contributed by atoms with Gasteiger partial charge in [-0.1, -0.05) is 91.0 Å². The maximum Gasteiger partial charge on any atom is 0.199 e. The van der Waals surface area contributed by atoms with E-state index in [-0.39, 0.29) is 4.75 Å². The second-order valence-electron chi connectivity index (χ2n) is 5.52. The predicted molar refractivity (Wildman–Crippen MR) is 102 cm³/mol. The first-order chi connectivity index (χ1) is 11.9. The standard InChI is InChI=1S/C22H19OS/c23-17-10-18-24-22(19-11-4-1-5-12-19,20-13-6-2-7-14-20)21-15-8-3-9-16-21/h1-9,11-16H,10,18H2. The van der Waals surface area contributed by atoms with Crippen LogP contribution in [0.1, 0.15) is 23.1 Å². The van der Waals surface area contributed by atoms with Gasteiger partial charge in [-0.3, -0.25) is 4.79 Å². The highest BCUT2D eigenvalue weighted by Gasteiger charge is 2.36. The first kappa shape index (κ1) is 16.5. The van der Waals surface area contributed by atoms with Gasteiger partial charge < -0.3 is 0 Å². The highest BCUT2D eigenvalue weighted by molar-refractivity contribution is 8.00. The van der Waals surface area contributed by atoms with Gasteiger partial charge in [-0.2, -0.15) is 0 Å². The van der Waals surface area contributed by atoms with E-state index in [4.69, 9.17) is 0 Å². The van der Waals surface area contributed by atoms with Crippen molar-refractivity contribution in [1.29, 1.82) is 0 Å². The quantitative estimate of drug-likeness (QED) is 0.436. The molecule has 0 amide bonds. The molecule has 0 aliphatic rings. The molecule has 0 N–H and O–H groups in total. The fraction of sp³-hybridized carbons (Fsp3) is 0.136. The van der Waals surface area contributed by atoms with Crippen LogP contribution in [-0.2, 0) is 9.54 Å². The van der Waals surface area contributed by atoms with Gasteiger partial charge in [-0.25, -0.2) is 0 Å². The van der Waals surface area contributed by atoms with Crippen LogP contribution in [0.25, 0.3) is 0 Å². The monoisotopic (exact) mass is 331 g/mol. The van der Waals surface area contributed by atoms with E-state index in [0.29, 0.717) is 6.42 Å². The fourth-order valence-corrected chi connectivity index (χ4v) is 4.41. The van der Waals surface area contributed by atoms with Gasteiger partial charge in [-0.05, 0) is 16.7 Å². The maximum absolute atomic E-state index is 10.8. The zero-order valence-electron chi connectivity index (χ0n) is 13.4. The highest BCUT2D eigenvalue weighted by atomic mass is 32.2. The Hall–Kier alpha value is -2.32. The molecule has 24 heavy (non-hydrogen) atoms. The summed E-state index contributed by atoms with van der Waals surface area (Å²) in [4.78, 5) is 10.8. The summed E-state index contributed by atoms with van der Waals surface area (Å²) in [7, 11) is 0. The zero-order chi connectivity index (χ0) is 16.7. The third kappa shape index (κ3) is 3.29. The van der Waals surface area contributed by atoms with Crippen molar-refractivity contribution in [1.82, 2.24) is 0 Å². The molecule has 0 spiro atoms. The van der Waals surface area contributed by atoms with Crippen LogP contribution in [0.2, 0.25) is 0 Å². The van der Waals surface area contributed by atoms with Crippen LogP contribution >= 0.6 is 11.8 Å². The van der Waals surface area contributed by atoms with E-state index in [1.165, 1.54) is 16.7 Å². The smallest absolute Gasteiger partial charge is 0.199 e. The van der Waals surface area contributed by atoms with Crippen LogP contribution in [0, 0.1) is 0 Å². The lowest BCUT2D eigenvalue weighted by atomic mass is 9.84. The molecule has 0 aromatic heterocycles. The largest absolute Gasteiger partial charge is 0.291 e. The SMILES string of the molecule is O=[C]CCSC(c1ccccc1)(c1ccccc1)c1ccccc1. The van der Waals surface area contributed by atoms with Crippen LogP contribution in [0.5, 0.6) is 0 Å². The van der Waals surface area contributed by atoms with Gasteiger partial charge in [0.1, 0.15) is 0 Å². The number of rotatable bonds is 7. The summed E-state index contributed by atoms with van der Waals surface area (Å²) in [5, 5.41) is 0. The van der Waals surface area contributed by atoms with Gasteiger partial charge >= 0.3 is 0 Å². The van der Waals surface area contributed by atoms with E-state index in [2.05, 4.69) is 72.8 Å². The lowest BCUT2D eigenvalue weighted by Gasteiger charge is -2.35. The van der Waals surface area contributed by atoms with Crippen LogP contribution < -0.4 is 0 Å². The predicted octanol–water partition coefficient (Wildman–Crippen LogP) is 5.21. The Kier molecular flexibility index (Phi) is 5.50. The van der Waals surface area contributed by atoms with Crippen LogP contribution in [0.15, 0.2) is 91.0 Å². The Morgan fingerprint density at radius 2 is 1.04 bits per heavy atom. The lowest BCUT2D eigenvalue weighted by molar-refractivity contribution is 0.554. The van der Waals surface area contributed by atoms with E-state index in [0.717, 1.165) is 5.75 Å². The van der Waals surface area contributed by atoms with Gasteiger partial charge in [0.05, 0.1) is 4.75 Å². The average molecular weight is 331 g/mol. The Morgan fingerprint density at radius 1 is 0.667 bits per heavy atom. The second-order valence-corrected chi connectivity index (χ2v) is 6.83. The Balaban J connectivity index is 2.22. The van der Waals surface area contributed by atoms with Gasteiger partial charge in [0.15, 0.2) is 6.29 Å². The molecule has 0 saturated heterocycles. The average Bonchev–Trinajstić information content (AvgIpc) is 2.68. The molecule has 1 nitrogen and oxygen atoms in total. The fourth-order valence-electron chi connectivity index (χ4n) is 3.01. The minimum atomic E-state index is -0.333. The molecule has 0 unspecified atom stereocenters. The molecule has 0 heterocycles. The van der Waals surface area contributed by atoms with E-state index in [1.54, 1.807) is 11.8 Å². The minimum Gasteiger partial charge on any atom is -0.291 e. The van der Waals surface area contributed by atoms with Crippen LogP contribution in [0.4, 0.5) is 0 Å². The van der Waals surface area contributed by atoms with Gasteiger partial charge in [0.2, 0.25) is 0 Å². The molecule has 0 aliphatic heterocycles. The van der Waals surface area contributed by atoms with Crippen molar-refractivity contribution in [3.63, 3.8) is 0 Å². The number of hydrogen-bond acceptors (Lipinski definition) is 2. The normalized spacial score (nSPS) is 11.2. The molecule has 2 heteroatoms. The van der Waals surface area contributed by atoms with E-state index < -0.39 is 0 Å². The van der Waals surface area contributed by atoms with E-state index >= 15 is 0 Å². The molecule has 0 aliphatic carbocycles. The maximum atomic E-state index is 10.8. The van der Waals surface area contributed by atoms with Gasteiger partial charge in [0.25, 0.3) is 0 Å². The molecule has 0 fully saturated rings. The first-order valence-corrected chi connectivity index (χ1v) is 9.02. The molecular formula is C22H19OS. The first-order valence-electron chi connectivity index (χ1n) is 8.03. The van der Waals surface area contributed by atoms with Crippen molar-refractivity contribution in [2.75, 3.05) is 5.75 Å². The number of carbonyl (C=O) groups excluding carboxylic acids is 1. The van der Waals surface area contributed by atoms with Gasteiger partial charge in [-0.15, -0.1) is 11.8 Å². The molecule has 0 bridgehead atoms. The minimum absolute atomic E-state index is 0.333. The summed E-state index contributed by atoms with van der Waals surface area (Å²) in [5.74, 6) is 0.724. The highest BCUT2D eigenvalue weighted by Crippen LogP contribution is 2.48. The van der Waals surface area contributed by atoms with Gasteiger partial charge in [0, 0.05) is 12.2 Å². The Bertz CT molecular complexity index is 657. The van der Waals surface area contributed by atoms with E-state index in [1.807, 2.05) is 24.5 Å². The Labute approximate surface area is 147 Å². The molecule has 119 valence electrons. The van der Waals surface area contributed by atoms with Crippen molar-refractivity contribution in [2.24, 2.45) is 0 Å². The summed E-state index contributed by atoms with van der Waals surface area (Å²) in [6, 6.07) is 31.5. The van der Waals surface area contributed by atoms with Crippen LogP contribution in [0.3, 0.4) is 0 Å². The summed E-state index contributed by atoms with van der Waals surface area (Å²) in [6.07, 6.45) is 2.45. The number of benzene rings is 3. The number of thioether (sulfide) groups is 1. The summed E-state index contributed by atoms with van der Waals surface area (Å²) in [5.41, 5.74) is 3.66. The van der Waals surface area contributed by atoms with Crippen molar-refractivity contribution in [2.45, 2.75) is 11.2 Å². The van der Waals surface area contributed by atoms with Crippen molar-refractivity contribution in [3.8, 4) is 0 Å². The van der Waals surface area contributed by atoms with Crippen LogP contribution in [-0.4, -0.2) is 12.0 Å². The summed E-state index contributed by atoms with van der Waals surface area (Å²) in [6.45, 7) is 0. The molecule has 3 rings (SSSR count). The van der Waals surface area contributed by atoms with E-state index in [9.17, 15) is 4.79 Å². The molecular weight excluding hydrogens is 312 g/mol. The molecule has 3 aromatic carbocycles. The number of hydrogen-bond donors (Lipinski definition) is 0. The summed E-state index contributed by atoms with van der Waals surface area (Å²) < 4.78 is -0.333. The lowest BCUT2D eigenvalue weighted by Crippen LogP contribution is -2.26. The molecule has 1 radical (unpaired) electrons. The molecule has 0 saturated carbocycles. The second kappa shape index (κ2) is 7.98. The van der Waals surface area contributed by atoms with Crippen molar-refractivity contribution >= 4 is 18.0 Å². The summed E-state index contributed by atoms with van der Waals surface area (Å²) >= 11 is 1.79.